The second kappa shape index (κ2) is 2.27. The predicted octanol–water partition coefficient (Wildman–Crippen LogP) is 1.84. The molecule has 1 heterocycles. The highest BCUT2D eigenvalue weighted by Crippen LogP contribution is 2.23. The van der Waals surface area contributed by atoms with Crippen molar-refractivity contribution in [3.05, 3.63) is 24.4 Å². The first kappa shape index (κ1) is 6.22. The van der Waals surface area contributed by atoms with Gasteiger partial charge < -0.3 is 9.26 Å². The second-order valence-corrected chi connectivity index (χ2v) is 2.20. The van der Waals surface area contributed by atoms with Crippen molar-refractivity contribution >= 4 is 11.0 Å². The molecule has 0 radical (unpaired) electrons. The molecule has 3 heteroatoms. The number of hydrogen-bond donors (Lipinski definition) is 0. The molecule has 11 heavy (non-hydrogen) atoms. The van der Waals surface area contributed by atoms with E-state index >= 15 is 0 Å². The summed E-state index contributed by atoms with van der Waals surface area (Å²) in [6.07, 6.45) is 1.65. The van der Waals surface area contributed by atoms with E-state index in [1.54, 1.807) is 13.3 Å². The van der Waals surface area contributed by atoms with Gasteiger partial charge in [0.25, 0.3) is 0 Å². The molecule has 0 aliphatic rings. The zero-order valence-electron chi connectivity index (χ0n) is 6.07. The first-order valence-corrected chi connectivity index (χ1v) is 3.29. The van der Waals surface area contributed by atoms with E-state index in [1.165, 1.54) is 0 Å². The smallest absolute Gasteiger partial charge is 0.170 e. The Bertz CT molecular complexity index is 367. The molecule has 1 aromatic carbocycles. The molecule has 3 nitrogen and oxygen atoms in total. The largest absolute Gasteiger partial charge is 0.496 e. The van der Waals surface area contributed by atoms with Crippen molar-refractivity contribution in [2.24, 2.45) is 0 Å². The van der Waals surface area contributed by atoms with Gasteiger partial charge >= 0.3 is 0 Å². The normalized spacial score (nSPS) is 10.3. The van der Waals surface area contributed by atoms with Crippen molar-refractivity contribution in [1.29, 1.82) is 0 Å². The monoisotopic (exact) mass is 149 g/mol. The summed E-state index contributed by atoms with van der Waals surface area (Å²) in [5, 5.41) is 4.57. The van der Waals surface area contributed by atoms with Crippen molar-refractivity contribution in [2.45, 2.75) is 0 Å². The van der Waals surface area contributed by atoms with E-state index in [2.05, 4.69) is 5.16 Å². The fraction of sp³-hybridized carbons (Fsp3) is 0.125. The lowest BCUT2D eigenvalue weighted by atomic mass is 10.2. The van der Waals surface area contributed by atoms with Crippen molar-refractivity contribution in [2.75, 3.05) is 7.11 Å². The minimum absolute atomic E-state index is 0.754. The van der Waals surface area contributed by atoms with Crippen LogP contribution in [0.3, 0.4) is 0 Å². The van der Waals surface area contributed by atoms with Crippen LogP contribution in [-0.2, 0) is 0 Å². The third-order valence-electron chi connectivity index (χ3n) is 1.58. The van der Waals surface area contributed by atoms with Gasteiger partial charge in [-0.1, -0.05) is 11.2 Å². The van der Waals surface area contributed by atoms with Crippen LogP contribution in [0.2, 0.25) is 0 Å². The molecule has 0 bridgehead atoms. The summed E-state index contributed by atoms with van der Waals surface area (Å²) < 4.78 is 10.0. The van der Waals surface area contributed by atoms with Crippen molar-refractivity contribution in [1.82, 2.24) is 5.16 Å². The molecular formula is C8H7NO2. The fourth-order valence-corrected chi connectivity index (χ4v) is 1.04. The molecule has 1 aromatic heterocycles. The highest BCUT2D eigenvalue weighted by atomic mass is 16.5. The summed E-state index contributed by atoms with van der Waals surface area (Å²) >= 11 is 0. The van der Waals surface area contributed by atoms with Crippen LogP contribution in [0.5, 0.6) is 5.75 Å². The van der Waals surface area contributed by atoms with Crippen molar-refractivity contribution < 1.29 is 9.26 Å². The van der Waals surface area contributed by atoms with Gasteiger partial charge in [-0.25, -0.2) is 0 Å². The lowest BCUT2D eigenvalue weighted by Crippen LogP contribution is -1.81. The lowest BCUT2D eigenvalue weighted by molar-refractivity contribution is 0.419. The highest BCUT2D eigenvalue weighted by molar-refractivity contribution is 5.82. The molecular weight excluding hydrogens is 142 g/mol. The standard InChI is InChI=1S/C8H7NO2/c1-10-7-3-2-4-8-6(7)5-9-11-8/h2-5H,1H3. The maximum atomic E-state index is 5.09. The molecule has 2 aromatic rings. The van der Waals surface area contributed by atoms with E-state index < -0.39 is 0 Å². The number of rotatable bonds is 1. The van der Waals surface area contributed by atoms with E-state index in [1.807, 2.05) is 18.2 Å². The van der Waals surface area contributed by atoms with Gasteiger partial charge in [0.2, 0.25) is 0 Å². The summed E-state index contributed by atoms with van der Waals surface area (Å²) in [4.78, 5) is 0. The highest BCUT2D eigenvalue weighted by Gasteiger charge is 2.02. The van der Waals surface area contributed by atoms with Crippen LogP contribution in [0.25, 0.3) is 11.0 Å². The molecule has 0 atom stereocenters. The zero-order chi connectivity index (χ0) is 7.68. The molecule has 0 saturated carbocycles. The quantitative estimate of drug-likeness (QED) is 0.620. The number of benzene rings is 1. The number of methoxy groups -OCH3 is 1. The van der Waals surface area contributed by atoms with Crippen LogP contribution in [0.15, 0.2) is 28.9 Å². The molecule has 2 rings (SSSR count). The van der Waals surface area contributed by atoms with Gasteiger partial charge in [-0.15, -0.1) is 0 Å². The number of aromatic nitrogens is 1. The molecule has 0 aliphatic carbocycles. The number of fused-ring (bicyclic) bond motifs is 1. The molecule has 0 saturated heterocycles. The fourth-order valence-electron chi connectivity index (χ4n) is 1.04. The van der Waals surface area contributed by atoms with Crippen LogP contribution in [0.4, 0.5) is 0 Å². The molecule has 0 amide bonds. The Morgan fingerprint density at radius 3 is 3.18 bits per heavy atom. The van der Waals surface area contributed by atoms with Gasteiger partial charge in [0.05, 0.1) is 18.7 Å². The number of ether oxygens (including phenoxy) is 1. The van der Waals surface area contributed by atoms with Gasteiger partial charge in [0.1, 0.15) is 5.75 Å². The summed E-state index contributed by atoms with van der Waals surface area (Å²) in [5.41, 5.74) is 0.754. The minimum atomic E-state index is 0.754. The van der Waals surface area contributed by atoms with Crippen LogP contribution < -0.4 is 4.74 Å². The van der Waals surface area contributed by atoms with Crippen LogP contribution in [-0.4, -0.2) is 12.3 Å². The Morgan fingerprint density at radius 1 is 1.45 bits per heavy atom. The summed E-state index contributed by atoms with van der Waals surface area (Å²) in [6.45, 7) is 0. The summed E-state index contributed by atoms with van der Waals surface area (Å²) in [6, 6.07) is 5.59. The van der Waals surface area contributed by atoms with E-state index in [0.717, 1.165) is 16.7 Å². The van der Waals surface area contributed by atoms with E-state index in [-0.39, 0.29) is 0 Å². The third-order valence-corrected chi connectivity index (χ3v) is 1.58. The maximum absolute atomic E-state index is 5.09. The third kappa shape index (κ3) is 0.852. The molecule has 0 unspecified atom stereocenters. The van der Waals surface area contributed by atoms with E-state index in [4.69, 9.17) is 9.26 Å². The zero-order valence-corrected chi connectivity index (χ0v) is 6.07. The van der Waals surface area contributed by atoms with Gasteiger partial charge in [-0.3, -0.25) is 0 Å². The van der Waals surface area contributed by atoms with Gasteiger partial charge in [-0.05, 0) is 12.1 Å². The Kier molecular flexibility index (Phi) is 1.28. The SMILES string of the molecule is COc1cccc2oncc12. The van der Waals surface area contributed by atoms with E-state index in [0.29, 0.717) is 0 Å². The molecule has 56 valence electrons. The van der Waals surface area contributed by atoms with Crippen molar-refractivity contribution in [3.63, 3.8) is 0 Å². The minimum Gasteiger partial charge on any atom is -0.496 e. The predicted molar refractivity (Wildman–Crippen MR) is 40.6 cm³/mol. The molecule has 0 spiro atoms. The van der Waals surface area contributed by atoms with Crippen LogP contribution in [0, 0.1) is 0 Å². The Balaban J connectivity index is 2.79. The van der Waals surface area contributed by atoms with Crippen molar-refractivity contribution in [3.8, 4) is 5.75 Å². The van der Waals surface area contributed by atoms with Gasteiger partial charge in [-0.2, -0.15) is 0 Å². The lowest BCUT2D eigenvalue weighted by Gasteiger charge is -1.97. The van der Waals surface area contributed by atoms with Gasteiger partial charge in [0.15, 0.2) is 5.58 Å². The average Bonchev–Trinajstić information content (AvgIpc) is 2.50. The second-order valence-electron chi connectivity index (χ2n) is 2.20. The molecule has 0 aliphatic heterocycles. The average molecular weight is 149 g/mol. The van der Waals surface area contributed by atoms with E-state index in [9.17, 15) is 0 Å². The Hall–Kier alpha value is -1.51. The van der Waals surface area contributed by atoms with Crippen LogP contribution >= 0.6 is 0 Å². The summed E-state index contributed by atoms with van der Waals surface area (Å²) in [7, 11) is 1.63. The van der Waals surface area contributed by atoms with Crippen LogP contribution in [0.1, 0.15) is 0 Å². The molecule has 0 N–H and O–H groups in total. The number of nitrogens with zero attached hydrogens (tertiary/aromatic N) is 1. The topological polar surface area (TPSA) is 35.3 Å². The maximum Gasteiger partial charge on any atom is 0.170 e. The first-order chi connectivity index (χ1) is 5.42. The summed E-state index contributed by atoms with van der Waals surface area (Å²) in [5.74, 6) is 0.795. The number of hydrogen-bond acceptors (Lipinski definition) is 3. The Morgan fingerprint density at radius 2 is 2.36 bits per heavy atom. The first-order valence-electron chi connectivity index (χ1n) is 3.29. The Labute approximate surface area is 63.6 Å². The van der Waals surface area contributed by atoms with Gasteiger partial charge in [0, 0.05) is 0 Å². The molecule has 0 fully saturated rings.